The molecule has 1 N–H and O–H groups in total. The molecule has 0 bridgehead atoms. The van der Waals surface area contributed by atoms with Gasteiger partial charge in [-0.1, -0.05) is 30.3 Å². The summed E-state index contributed by atoms with van der Waals surface area (Å²) in [5.41, 5.74) is 4.31. The van der Waals surface area contributed by atoms with Crippen LogP contribution in [0, 0.1) is 12.8 Å². The molecule has 0 aromatic heterocycles. The Morgan fingerprint density at radius 1 is 1.07 bits per heavy atom. The third kappa shape index (κ3) is 3.84. The number of rotatable bonds is 6. The van der Waals surface area contributed by atoms with Crippen molar-refractivity contribution >= 4 is 29.0 Å². The maximum Gasteiger partial charge on any atom is 0.230 e. The predicted molar refractivity (Wildman–Crippen MR) is 109 cm³/mol. The number of benzene rings is 2. The first-order valence-corrected chi connectivity index (χ1v) is 9.86. The van der Waals surface area contributed by atoms with E-state index in [1.807, 2.05) is 48.2 Å². The van der Waals surface area contributed by atoms with E-state index >= 15 is 0 Å². The predicted octanol–water partition coefficient (Wildman–Crippen LogP) is 3.90. The number of ketones is 1. The van der Waals surface area contributed by atoms with Gasteiger partial charge in [0.25, 0.3) is 0 Å². The van der Waals surface area contributed by atoms with E-state index in [1.54, 1.807) is 6.07 Å². The van der Waals surface area contributed by atoms with Crippen LogP contribution in [0.1, 0.15) is 47.2 Å². The first kappa shape index (κ1) is 18.4. The van der Waals surface area contributed by atoms with Crippen LogP contribution >= 0.6 is 0 Å². The van der Waals surface area contributed by atoms with Crippen molar-refractivity contribution in [3.8, 4) is 0 Å². The maximum absolute atomic E-state index is 12.4. The third-order valence-electron chi connectivity index (χ3n) is 5.48. The van der Waals surface area contributed by atoms with Gasteiger partial charge in [0.2, 0.25) is 11.8 Å². The first-order chi connectivity index (χ1) is 13.5. The summed E-state index contributed by atoms with van der Waals surface area (Å²) in [6.07, 6.45) is 3.13. The minimum Gasteiger partial charge on any atom is -0.326 e. The molecule has 0 radical (unpaired) electrons. The molecule has 2 aromatic rings. The molecule has 1 saturated carbocycles. The van der Waals surface area contributed by atoms with Crippen molar-refractivity contribution in [1.29, 1.82) is 0 Å². The highest BCUT2D eigenvalue weighted by Crippen LogP contribution is 2.37. The number of hydrogen-bond acceptors (Lipinski definition) is 3. The molecule has 1 aliphatic carbocycles. The number of amides is 2. The quantitative estimate of drug-likeness (QED) is 0.778. The molecule has 2 aliphatic rings. The van der Waals surface area contributed by atoms with Crippen molar-refractivity contribution < 1.29 is 14.4 Å². The smallest absolute Gasteiger partial charge is 0.230 e. The van der Waals surface area contributed by atoms with Crippen LogP contribution in [0.4, 0.5) is 11.4 Å². The molecule has 1 heterocycles. The summed E-state index contributed by atoms with van der Waals surface area (Å²) >= 11 is 0. The van der Waals surface area contributed by atoms with Crippen molar-refractivity contribution in [2.75, 3.05) is 16.8 Å². The van der Waals surface area contributed by atoms with Gasteiger partial charge in [-0.15, -0.1) is 0 Å². The zero-order chi connectivity index (χ0) is 19.7. The Morgan fingerprint density at radius 3 is 2.61 bits per heavy atom. The monoisotopic (exact) mass is 376 g/mol. The molecule has 144 valence electrons. The van der Waals surface area contributed by atoms with Crippen LogP contribution in [0.15, 0.2) is 42.5 Å². The van der Waals surface area contributed by atoms with Gasteiger partial charge >= 0.3 is 0 Å². The molecule has 4 rings (SSSR count). The molecule has 0 spiro atoms. The molecule has 0 atom stereocenters. The number of nitrogens with zero attached hydrogens (tertiary/aromatic N) is 1. The van der Waals surface area contributed by atoms with E-state index in [0.717, 1.165) is 36.1 Å². The molecule has 0 unspecified atom stereocenters. The Balaban J connectivity index is 1.37. The standard InChI is InChI=1S/C23H24N2O3/c1-15-4-2-3-5-19(15)21(26)10-11-22(27)24-18-9-8-16-12-13-25(20(16)14-18)23(28)17-6-7-17/h2-5,8-9,14,17H,6-7,10-13H2,1H3,(H,24,27). The van der Waals surface area contributed by atoms with Gasteiger partial charge < -0.3 is 10.2 Å². The molecular formula is C23H24N2O3. The number of hydrogen-bond donors (Lipinski definition) is 1. The zero-order valence-corrected chi connectivity index (χ0v) is 16.0. The summed E-state index contributed by atoms with van der Waals surface area (Å²) < 4.78 is 0. The van der Waals surface area contributed by atoms with Gasteiger partial charge in [-0.3, -0.25) is 14.4 Å². The van der Waals surface area contributed by atoms with Crippen molar-refractivity contribution in [2.45, 2.75) is 39.0 Å². The van der Waals surface area contributed by atoms with Crippen LogP contribution in [0.5, 0.6) is 0 Å². The zero-order valence-electron chi connectivity index (χ0n) is 16.0. The third-order valence-corrected chi connectivity index (χ3v) is 5.48. The number of aryl methyl sites for hydroxylation is 1. The summed E-state index contributed by atoms with van der Waals surface area (Å²) in [5.74, 6) is 0.158. The number of fused-ring (bicyclic) bond motifs is 1. The molecule has 28 heavy (non-hydrogen) atoms. The minimum absolute atomic E-state index is 0.0246. The van der Waals surface area contributed by atoms with Crippen LogP contribution in [0.2, 0.25) is 0 Å². The fourth-order valence-corrected chi connectivity index (χ4v) is 3.71. The average Bonchev–Trinajstić information content (AvgIpc) is 3.46. The van der Waals surface area contributed by atoms with E-state index in [1.165, 1.54) is 0 Å². The summed E-state index contributed by atoms with van der Waals surface area (Å²) in [6.45, 7) is 2.61. The van der Waals surface area contributed by atoms with E-state index in [-0.39, 0.29) is 36.4 Å². The van der Waals surface area contributed by atoms with E-state index < -0.39 is 0 Å². The molecule has 1 aliphatic heterocycles. The SMILES string of the molecule is Cc1ccccc1C(=O)CCC(=O)Nc1ccc2c(c1)N(C(=O)C1CC1)CC2. The van der Waals surface area contributed by atoms with Crippen LogP contribution < -0.4 is 10.2 Å². The van der Waals surface area contributed by atoms with Crippen molar-refractivity contribution in [1.82, 2.24) is 0 Å². The lowest BCUT2D eigenvalue weighted by Crippen LogP contribution is -2.30. The Morgan fingerprint density at radius 2 is 1.86 bits per heavy atom. The fourth-order valence-electron chi connectivity index (χ4n) is 3.71. The summed E-state index contributed by atoms with van der Waals surface area (Å²) in [6, 6.07) is 13.1. The van der Waals surface area contributed by atoms with Gasteiger partial charge in [0.1, 0.15) is 0 Å². The fraction of sp³-hybridized carbons (Fsp3) is 0.348. The van der Waals surface area contributed by atoms with Gasteiger partial charge in [-0.05, 0) is 49.4 Å². The Kier molecular flexibility index (Phi) is 4.99. The maximum atomic E-state index is 12.4. The Labute approximate surface area is 164 Å². The lowest BCUT2D eigenvalue weighted by molar-refractivity contribution is -0.119. The van der Waals surface area contributed by atoms with E-state index in [2.05, 4.69) is 5.32 Å². The topological polar surface area (TPSA) is 66.5 Å². The highest BCUT2D eigenvalue weighted by Gasteiger charge is 2.36. The molecule has 5 heteroatoms. The van der Waals surface area contributed by atoms with Gasteiger partial charge in [0, 0.05) is 42.2 Å². The number of carbonyl (C=O) groups excluding carboxylic acids is 3. The van der Waals surface area contributed by atoms with Crippen molar-refractivity contribution in [3.63, 3.8) is 0 Å². The number of carbonyl (C=O) groups is 3. The second kappa shape index (κ2) is 7.58. The molecule has 5 nitrogen and oxygen atoms in total. The van der Waals surface area contributed by atoms with Crippen LogP contribution in [-0.2, 0) is 16.0 Å². The van der Waals surface area contributed by atoms with Crippen molar-refractivity contribution in [2.24, 2.45) is 5.92 Å². The minimum atomic E-state index is -0.194. The number of Topliss-reactive ketones (excluding diaryl/α,β-unsaturated/α-hetero) is 1. The van der Waals surface area contributed by atoms with Gasteiger partial charge in [0.05, 0.1) is 0 Å². The van der Waals surface area contributed by atoms with Gasteiger partial charge in [-0.25, -0.2) is 0 Å². The highest BCUT2D eigenvalue weighted by molar-refractivity contribution is 6.02. The largest absolute Gasteiger partial charge is 0.326 e. The second-order valence-electron chi connectivity index (χ2n) is 7.64. The lowest BCUT2D eigenvalue weighted by Gasteiger charge is -2.18. The number of anilines is 2. The Bertz CT molecular complexity index is 947. The average molecular weight is 376 g/mol. The second-order valence-corrected chi connectivity index (χ2v) is 7.64. The molecular weight excluding hydrogens is 352 g/mol. The lowest BCUT2D eigenvalue weighted by atomic mass is 10.0. The molecule has 1 fully saturated rings. The normalized spacial score (nSPS) is 15.2. The number of nitrogens with one attached hydrogen (secondary N) is 1. The Hall–Kier alpha value is -2.95. The molecule has 2 amide bonds. The van der Waals surface area contributed by atoms with E-state index in [9.17, 15) is 14.4 Å². The molecule has 0 saturated heterocycles. The first-order valence-electron chi connectivity index (χ1n) is 9.86. The van der Waals surface area contributed by atoms with E-state index in [4.69, 9.17) is 0 Å². The van der Waals surface area contributed by atoms with E-state index in [0.29, 0.717) is 17.8 Å². The molecule has 2 aromatic carbocycles. The van der Waals surface area contributed by atoms with Crippen LogP contribution in [-0.4, -0.2) is 24.1 Å². The summed E-state index contributed by atoms with van der Waals surface area (Å²) in [4.78, 5) is 39.0. The van der Waals surface area contributed by atoms with Crippen molar-refractivity contribution in [3.05, 3.63) is 59.2 Å². The van der Waals surface area contributed by atoms with Gasteiger partial charge in [0.15, 0.2) is 5.78 Å². The summed E-state index contributed by atoms with van der Waals surface area (Å²) in [7, 11) is 0. The van der Waals surface area contributed by atoms with Crippen LogP contribution in [0.25, 0.3) is 0 Å². The van der Waals surface area contributed by atoms with Gasteiger partial charge in [-0.2, -0.15) is 0 Å². The van der Waals surface area contributed by atoms with Crippen LogP contribution in [0.3, 0.4) is 0 Å². The highest BCUT2D eigenvalue weighted by atomic mass is 16.2. The summed E-state index contributed by atoms with van der Waals surface area (Å²) in [5, 5.41) is 2.87.